The normalized spacial score (nSPS) is 20.5. The molecule has 68 heavy (non-hydrogen) atoms. The fraction of sp³-hybridized carbons (Fsp3) is 0.472. The SMILES string of the molecule is COC(=O)N[C@H](C(=O)N1CCC[C@H]1c1cnc(-c2ccc([C@H]3CC[C@H](c4ccc(-c5ncc([C@@H]6CCCN6C(=O)[C@@H](NC(=O)O)C(C)C)[nH]5)cc4)N3c3ccc(C(C)(C)C)cc3)cc2)[nH]1)C(C)C. The number of methoxy groups -OCH3 is 1. The number of nitrogens with zero attached hydrogens (tertiary/aromatic N) is 5. The predicted molar refractivity (Wildman–Crippen MR) is 262 cm³/mol. The van der Waals surface area contributed by atoms with Gasteiger partial charge in [0, 0.05) is 29.9 Å². The molecule has 0 aliphatic carbocycles. The zero-order valence-electron chi connectivity index (χ0n) is 40.6. The summed E-state index contributed by atoms with van der Waals surface area (Å²) < 4.78 is 4.81. The van der Waals surface area contributed by atoms with E-state index in [4.69, 9.17) is 14.7 Å². The van der Waals surface area contributed by atoms with E-state index in [1.54, 1.807) is 11.1 Å². The number of carbonyl (C=O) groups excluding carboxylic acids is 3. The predicted octanol–water partition coefficient (Wildman–Crippen LogP) is 9.85. The highest BCUT2D eigenvalue weighted by atomic mass is 16.5. The molecule has 3 fully saturated rings. The Morgan fingerprint density at radius 3 is 1.49 bits per heavy atom. The van der Waals surface area contributed by atoms with Gasteiger partial charge in [-0.05, 0) is 84.6 Å². The molecule has 6 atom stereocenters. The summed E-state index contributed by atoms with van der Waals surface area (Å²) in [4.78, 5) is 73.7. The second-order valence-corrected chi connectivity index (χ2v) is 20.3. The molecule has 5 aromatic rings. The molecular weight excluding hydrogens is 859 g/mol. The maximum atomic E-state index is 13.7. The van der Waals surface area contributed by atoms with Crippen LogP contribution in [0.5, 0.6) is 0 Å². The van der Waals surface area contributed by atoms with E-state index in [-0.39, 0.29) is 53.2 Å². The van der Waals surface area contributed by atoms with Crippen molar-refractivity contribution in [2.24, 2.45) is 11.8 Å². The van der Waals surface area contributed by atoms with Gasteiger partial charge < -0.3 is 45.1 Å². The summed E-state index contributed by atoms with van der Waals surface area (Å²) in [7, 11) is 1.30. The summed E-state index contributed by atoms with van der Waals surface area (Å²) in [6.07, 6.45) is 6.99. The first-order valence-electron chi connectivity index (χ1n) is 24.2. The van der Waals surface area contributed by atoms with Gasteiger partial charge in [0.05, 0.1) is 55.1 Å². The molecule has 0 spiro atoms. The van der Waals surface area contributed by atoms with Crippen LogP contribution in [-0.2, 0) is 19.7 Å². The molecule has 4 amide bonds. The van der Waals surface area contributed by atoms with Gasteiger partial charge in [-0.3, -0.25) is 9.59 Å². The Balaban J connectivity index is 1.00. The number of hydrogen-bond acceptors (Lipinski definition) is 8. The molecule has 5 N–H and O–H groups in total. The highest BCUT2D eigenvalue weighted by Gasteiger charge is 2.40. The van der Waals surface area contributed by atoms with Gasteiger partial charge in [-0.15, -0.1) is 0 Å². The minimum atomic E-state index is -1.21. The minimum Gasteiger partial charge on any atom is -0.465 e. The van der Waals surface area contributed by atoms with Crippen molar-refractivity contribution >= 4 is 29.7 Å². The number of carboxylic acid groups (broad SMARTS) is 1. The first-order chi connectivity index (χ1) is 32.5. The molecule has 0 unspecified atom stereocenters. The van der Waals surface area contributed by atoms with Crippen molar-refractivity contribution < 1.29 is 29.0 Å². The van der Waals surface area contributed by atoms with Gasteiger partial charge in [0.2, 0.25) is 11.8 Å². The summed E-state index contributed by atoms with van der Waals surface area (Å²) >= 11 is 0. The number of imidazole rings is 2. The van der Waals surface area contributed by atoms with Crippen molar-refractivity contribution in [2.75, 3.05) is 25.1 Å². The topological polar surface area (TPSA) is 189 Å². The van der Waals surface area contributed by atoms with Gasteiger partial charge in [-0.2, -0.15) is 0 Å². The molecule has 2 aromatic heterocycles. The lowest BCUT2D eigenvalue weighted by Crippen LogP contribution is -2.51. The van der Waals surface area contributed by atoms with Crippen molar-refractivity contribution in [1.82, 2.24) is 40.4 Å². The lowest BCUT2D eigenvalue weighted by Gasteiger charge is -2.34. The molecule has 3 saturated heterocycles. The lowest BCUT2D eigenvalue weighted by atomic mass is 9.87. The van der Waals surface area contributed by atoms with Crippen LogP contribution < -0.4 is 15.5 Å². The van der Waals surface area contributed by atoms with Crippen LogP contribution in [0.1, 0.15) is 139 Å². The third-order valence-corrected chi connectivity index (χ3v) is 14.1. The van der Waals surface area contributed by atoms with E-state index in [2.05, 4.69) is 119 Å². The number of likely N-dealkylation sites (tertiary alicyclic amines) is 2. The second-order valence-electron chi connectivity index (χ2n) is 20.3. The molecule has 3 aromatic carbocycles. The highest BCUT2D eigenvalue weighted by Crippen LogP contribution is 2.48. The summed E-state index contributed by atoms with van der Waals surface area (Å²) in [5.41, 5.74) is 8.50. The smallest absolute Gasteiger partial charge is 0.407 e. The molecule has 0 saturated carbocycles. The van der Waals surface area contributed by atoms with E-state index in [0.29, 0.717) is 13.1 Å². The zero-order valence-corrected chi connectivity index (χ0v) is 40.6. The van der Waals surface area contributed by atoms with E-state index in [1.165, 1.54) is 23.8 Å². The van der Waals surface area contributed by atoms with Crippen molar-refractivity contribution in [1.29, 1.82) is 0 Å². The highest BCUT2D eigenvalue weighted by molar-refractivity contribution is 5.87. The quantitative estimate of drug-likeness (QED) is 0.0766. The number of anilines is 1. The summed E-state index contributed by atoms with van der Waals surface area (Å²) in [6, 6.07) is 24.7. The molecule has 15 nitrogen and oxygen atoms in total. The number of nitrogens with one attached hydrogen (secondary N) is 4. The first-order valence-corrected chi connectivity index (χ1v) is 24.2. The molecule has 0 bridgehead atoms. The van der Waals surface area contributed by atoms with Crippen LogP contribution in [0.25, 0.3) is 22.8 Å². The minimum absolute atomic E-state index is 0.0227. The van der Waals surface area contributed by atoms with Crippen LogP contribution in [0, 0.1) is 11.8 Å². The molecule has 360 valence electrons. The van der Waals surface area contributed by atoms with Crippen LogP contribution in [0.4, 0.5) is 15.3 Å². The average Bonchev–Trinajstić information content (AvgIpc) is 4.18. The van der Waals surface area contributed by atoms with Crippen molar-refractivity contribution in [3.8, 4) is 22.8 Å². The van der Waals surface area contributed by atoms with Gasteiger partial charge in [-0.1, -0.05) is 109 Å². The largest absolute Gasteiger partial charge is 0.465 e. The molecule has 8 rings (SSSR count). The number of H-pyrrole nitrogens is 2. The maximum absolute atomic E-state index is 13.7. The average molecular weight is 926 g/mol. The van der Waals surface area contributed by atoms with Gasteiger partial charge >= 0.3 is 12.2 Å². The summed E-state index contributed by atoms with van der Waals surface area (Å²) in [6.45, 7) is 15.4. The Hall–Kier alpha value is -6.64. The standard InChI is InChI=1S/C53H67N9O6/c1-31(2)45(58-51(65)66)49(63)60-27-9-11-43(60)39-29-54-47(56-39)35-17-13-33(14-18-35)41-25-26-42(62(41)38-23-21-37(22-24-38)53(5,6)7)34-15-19-36(20-16-34)48-55-30-40(57-48)44-12-10-28-61(44)50(64)46(32(3)4)59-52(67)68-8/h13-24,29-32,41-46,58H,9-12,25-28H2,1-8H3,(H,54,56)(H,55,57)(H,59,67)(H,65,66)/t41-,42-,43+,44+,45+,46+/m1/s1. The van der Waals surface area contributed by atoms with Gasteiger partial charge in [0.1, 0.15) is 23.7 Å². The number of amides is 4. The van der Waals surface area contributed by atoms with Crippen LogP contribution in [0.2, 0.25) is 0 Å². The zero-order chi connectivity index (χ0) is 48.4. The van der Waals surface area contributed by atoms with E-state index in [0.717, 1.165) is 78.4 Å². The van der Waals surface area contributed by atoms with E-state index < -0.39 is 24.3 Å². The number of carbonyl (C=O) groups is 4. The van der Waals surface area contributed by atoms with Gasteiger partial charge in [-0.25, -0.2) is 19.6 Å². The number of alkyl carbamates (subject to hydrolysis) is 1. The molecule has 3 aliphatic rings. The maximum Gasteiger partial charge on any atom is 0.407 e. The van der Waals surface area contributed by atoms with Gasteiger partial charge in [0.15, 0.2) is 0 Å². The third kappa shape index (κ3) is 9.98. The number of benzene rings is 3. The molecule has 5 heterocycles. The number of aromatic amines is 2. The number of aromatic nitrogens is 4. The van der Waals surface area contributed by atoms with Crippen LogP contribution >= 0.6 is 0 Å². The number of rotatable bonds is 13. The van der Waals surface area contributed by atoms with E-state index in [9.17, 15) is 24.3 Å². The lowest BCUT2D eigenvalue weighted by molar-refractivity contribution is -0.136. The Morgan fingerprint density at radius 2 is 1.09 bits per heavy atom. The molecule has 15 heteroatoms. The number of ether oxygens (including phenoxy) is 1. The van der Waals surface area contributed by atoms with Gasteiger partial charge in [0.25, 0.3) is 0 Å². The van der Waals surface area contributed by atoms with Crippen LogP contribution in [0.15, 0.2) is 85.2 Å². The fourth-order valence-corrected chi connectivity index (χ4v) is 10.4. The first kappa shape index (κ1) is 47.8. The van der Waals surface area contributed by atoms with Crippen molar-refractivity contribution in [3.05, 3.63) is 113 Å². The van der Waals surface area contributed by atoms with Crippen molar-refractivity contribution in [2.45, 2.75) is 129 Å². The fourth-order valence-electron chi connectivity index (χ4n) is 10.4. The molecule has 0 radical (unpaired) electrons. The summed E-state index contributed by atoms with van der Waals surface area (Å²) in [5.74, 6) is 0.827. The van der Waals surface area contributed by atoms with Crippen LogP contribution in [0.3, 0.4) is 0 Å². The number of hydrogen-bond donors (Lipinski definition) is 5. The molecular formula is C53H67N9O6. The Kier molecular flexibility index (Phi) is 14.0. The second kappa shape index (κ2) is 19.9. The van der Waals surface area contributed by atoms with E-state index >= 15 is 0 Å². The third-order valence-electron chi connectivity index (χ3n) is 14.1. The van der Waals surface area contributed by atoms with Crippen molar-refractivity contribution in [3.63, 3.8) is 0 Å². The Labute approximate surface area is 399 Å². The molecule has 3 aliphatic heterocycles. The van der Waals surface area contributed by atoms with Crippen LogP contribution in [-0.4, -0.2) is 91.1 Å². The monoisotopic (exact) mass is 926 g/mol. The summed E-state index contributed by atoms with van der Waals surface area (Å²) in [5, 5.41) is 14.6. The Morgan fingerprint density at radius 1 is 0.647 bits per heavy atom. The van der Waals surface area contributed by atoms with E-state index in [1.807, 2.05) is 38.8 Å². The Bertz CT molecular complexity index is 2560.